The Bertz CT molecular complexity index is 603. The first-order valence-corrected chi connectivity index (χ1v) is 7.37. The Balaban J connectivity index is 2.47. The number of halogens is 1. The minimum Gasteiger partial charge on any atom is -0.370 e. The SMILES string of the molecule is CCNc1cc(CC(C)C)nc(-c2cc(C)cc(F)c2)n1. The highest BCUT2D eigenvalue weighted by molar-refractivity contribution is 5.58. The van der Waals surface area contributed by atoms with E-state index in [4.69, 9.17) is 0 Å². The van der Waals surface area contributed by atoms with Crippen LogP contribution >= 0.6 is 0 Å². The molecule has 21 heavy (non-hydrogen) atoms. The van der Waals surface area contributed by atoms with E-state index in [0.717, 1.165) is 35.6 Å². The average Bonchev–Trinajstić information content (AvgIpc) is 2.36. The van der Waals surface area contributed by atoms with Gasteiger partial charge in [0.15, 0.2) is 5.82 Å². The van der Waals surface area contributed by atoms with E-state index in [-0.39, 0.29) is 5.82 Å². The van der Waals surface area contributed by atoms with Crippen molar-refractivity contribution in [3.8, 4) is 11.4 Å². The second kappa shape index (κ2) is 6.66. The predicted octanol–water partition coefficient (Wildman–Crippen LogP) is 4.22. The van der Waals surface area contributed by atoms with Crippen molar-refractivity contribution in [2.75, 3.05) is 11.9 Å². The highest BCUT2D eigenvalue weighted by Crippen LogP contribution is 2.21. The van der Waals surface area contributed by atoms with Gasteiger partial charge in [-0.2, -0.15) is 0 Å². The number of rotatable bonds is 5. The van der Waals surface area contributed by atoms with E-state index < -0.39 is 0 Å². The summed E-state index contributed by atoms with van der Waals surface area (Å²) in [5, 5.41) is 3.22. The van der Waals surface area contributed by atoms with Crippen molar-refractivity contribution >= 4 is 5.82 Å². The van der Waals surface area contributed by atoms with Gasteiger partial charge in [-0.25, -0.2) is 14.4 Å². The average molecular weight is 287 g/mol. The van der Waals surface area contributed by atoms with E-state index in [2.05, 4.69) is 29.1 Å². The monoisotopic (exact) mass is 287 g/mol. The topological polar surface area (TPSA) is 37.8 Å². The molecular formula is C17H22FN3. The Morgan fingerprint density at radius 3 is 2.52 bits per heavy atom. The lowest BCUT2D eigenvalue weighted by Crippen LogP contribution is -2.06. The summed E-state index contributed by atoms with van der Waals surface area (Å²) in [5.41, 5.74) is 2.57. The second-order valence-corrected chi connectivity index (χ2v) is 5.71. The molecule has 1 N–H and O–H groups in total. The van der Waals surface area contributed by atoms with E-state index in [1.165, 1.54) is 12.1 Å². The van der Waals surface area contributed by atoms with E-state index in [9.17, 15) is 4.39 Å². The summed E-state index contributed by atoms with van der Waals surface area (Å²) in [6.45, 7) is 8.99. The fourth-order valence-corrected chi connectivity index (χ4v) is 2.29. The van der Waals surface area contributed by atoms with Crippen molar-refractivity contribution in [3.05, 3.63) is 41.3 Å². The molecule has 0 bridgehead atoms. The Morgan fingerprint density at radius 1 is 1.14 bits per heavy atom. The van der Waals surface area contributed by atoms with Gasteiger partial charge in [-0.05, 0) is 49.9 Å². The molecule has 1 heterocycles. The number of nitrogens with zero attached hydrogens (tertiary/aromatic N) is 2. The molecule has 0 saturated heterocycles. The predicted molar refractivity (Wildman–Crippen MR) is 84.9 cm³/mol. The molecule has 0 fully saturated rings. The highest BCUT2D eigenvalue weighted by Gasteiger charge is 2.09. The molecule has 0 aliphatic heterocycles. The van der Waals surface area contributed by atoms with Crippen molar-refractivity contribution in [2.24, 2.45) is 5.92 Å². The van der Waals surface area contributed by atoms with Crippen LogP contribution in [0.1, 0.15) is 32.0 Å². The molecule has 0 radical (unpaired) electrons. The van der Waals surface area contributed by atoms with Gasteiger partial charge < -0.3 is 5.32 Å². The molecule has 3 nitrogen and oxygen atoms in total. The summed E-state index contributed by atoms with van der Waals surface area (Å²) in [6.07, 6.45) is 0.877. The maximum Gasteiger partial charge on any atom is 0.161 e. The van der Waals surface area contributed by atoms with Gasteiger partial charge in [0.05, 0.1) is 0 Å². The molecule has 0 spiro atoms. The van der Waals surface area contributed by atoms with Crippen LogP contribution in [0.2, 0.25) is 0 Å². The number of hydrogen-bond donors (Lipinski definition) is 1. The minimum atomic E-state index is -0.257. The van der Waals surface area contributed by atoms with Crippen LogP contribution < -0.4 is 5.32 Å². The summed E-state index contributed by atoms with van der Waals surface area (Å²) in [5.74, 6) is 1.62. The van der Waals surface area contributed by atoms with Gasteiger partial charge in [0, 0.05) is 23.9 Å². The van der Waals surface area contributed by atoms with Gasteiger partial charge in [-0.1, -0.05) is 13.8 Å². The fraction of sp³-hybridized carbons (Fsp3) is 0.412. The molecular weight excluding hydrogens is 265 g/mol. The summed E-state index contributed by atoms with van der Waals surface area (Å²) in [7, 11) is 0. The van der Waals surface area contributed by atoms with Gasteiger partial charge in [-0.15, -0.1) is 0 Å². The number of anilines is 1. The summed E-state index contributed by atoms with van der Waals surface area (Å²) in [4.78, 5) is 9.08. The molecule has 2 aromatic rings. The van der Waals surface area contributed by atoms with E-state index in [1.807, 2.05) is 26.0 Å². The Hall–Kier alpha value is -1.97. The molecule has 0 aliphatic rings. The summed E-state index contributed by atoms with van der Waals surface area (Å²) in [6, 6.07) is 6.87. The maximum atomic E-state index is 13.6. The third-order valence-corrected chi connectivity index (χ3v) is 3.05. The zero-order valence-corrected chi connectivity index (χ0v) is 13.1. The molecule has 0 atom stereocenters. The lowest BCUT2D eigenvalue weighted by molar-refractivity contribution is 0.626. The van der Waals surface area contributed by atoms with Crippen molar-refractivity contribution < 1.29 is 4.39 Å². The minimum absolute atomic E-state index is 0.257. The first-order chi connectivity index (χ1) is 9.97. The van der Waals surface area contributed by atoms with Gasteiger partial charge in [0.25, 0.3) is 0 Å². The largest absolute Gasteiger partial charge is 0.370 e. The molecule has 1 aromatic carbocycles. The number of aromatic nitrogens is 2. The molecule has 0 aliphatic carbocycles. The van der Waals surface area contributed by atoms with Crippen LogP contribution in [0.5, 0.6) is 0 Å². The molecule has 0 unspecified atom stereocenters. The van der Waals surface area contributed by atoms with Crippen LogP contribution in [-0.2, 0) is 6.42 Å². The maximum absolute atomic E-state index is 13.6. The first-order valence-electron chi connectivity index (χ1n) is 7.37. The van der Waals surface area contributed by atoms with E-state index in [0.29, 0.717) is 11.7 Å². The van der Waals surface area contributed by atoms with Gasteiger partial charge >= 0.3 is 0 Å². The Morgan fingerprint density at radius 2 is 1.90 bits per heavy atom. The van der Waals surface area contributed by atoms with Crippen LogP contribution in [0.25, 0.3) is 11.4 Å². The summed E-state index contributed by atoms with van der Waals surface area (Å²) < 4.78 is 13.6. The van der Waals surface area contributed by atoms with Crippen LogP contribution in [0.4, 0.5) is 10.2 Å². The van der Waals surface area contributed by atoms with Gasteiger partial charge in [0.2, 0.25) is 0 Å². The fourth-order valence-electron chi connectivity index (χ4n) is 2.29. The smallest absolute Gasteiger partial charge is 0.161 e. The highest BCUT2D eigenvalue weighted by atomic mass is 19.1. The van der Waals surface area contributed by atoms with Crippen LogP contribution in [0, 0.1) is 18.7 Å². The Kier molecular flexibility index (Phi) is 4.89. The van der Waals surface area contributed by atoms with Gasteiger partial charge in [0.1, 0.15) is 11.6 Å². The van der Waals surface area contributed by atoms with Crippen molar-refractivity contribution in [1.82, 2.24) is 9.97 Å². The number of hydrogen-bond acceptors (Lipinski definition) is 3. The number of aryl methyl sites for hydroxylation is 1. The lowest BCUT2D eigenvalue weighted by atomic mass is 10.1. The van der Waals surface area contributed by atoms with Crippen molar-refractivity contribution in [1.29, 1.82) is 0 Å². The van der Waals surface area contributed by atoms with Crippen molar-refractivity contribution in [2.45, 2.75) is 34.1 Å². The zero-order valence-electron chi connectivity index (χ0n) is 13.1. The van der Waals surface area contributed by atoms with Crippen LogP contribution in [0.3, 0.4) is 0 Å². The van der Waals surface area contributed by atoms with Crippen molar-refractivity contribution in [3.63, 3.8) is 0 Å². The number of benzene rings is 1. The van der Waals surface area contributed by atoms with Crippen LogP contribution in [0.15, 0.2) is 24.3 Å². The van der Waals surface area contributed by atoms with Crippen LogP contribution in [-0.4, -0.2) is 16.5 Å². The second-order valence-electron chi connectivity index (χ2n) is 5.71. The normalized spacial score (nSPS) is 11.0. The van der Waals surface area contributed by atoms with E-state index in [1.54, 1.807) is 0 Å². The molecule has 0 saturated carbocycles. The third kappa shape index (κ3) is 4.25. The lowest BCUT2D eigenvalue weighted by Gasteiger charge is -2.11. The molecule has 2 rings (SSSR count). The van der Waals surface area contributed by atoms with Gasteiger partial charge in [-0.3, -0.25) is 0 Å². The quantitative estimate of drug-likeness (QED) is 0.894. The third-order valence-electron chi connectivity index (χ3n) is 3.05. The Labute approximate surface area is 125 Å². The number of nitrogens with one attached hydrogen (secondary N) is 1. The molecule has 112 valence electrons. The molecule has 0 amide bonds. The summed E-state index contributed by atoms with van der Waals surface area (Å²) >= 11 is 0. The molecule has 1 aromatic heterocycles. The van der Waals surface area contributed by atoms with E-state index >= 15 is 0 Å². The standard InChI is InChI=1S/C17H22FN3/c1-5-19-16-10-15(6-11(2)3)20-17(21-16)13-7-12(4)8-14(18)9-13/h7-11H,5-6H2,1-4H3,(H,19,20,21). The molecule has 4 heteroatoms. The zero-order chi connectivity index (χ0) is 15.4. The first kappa shape index (κ1) is 15.4.